The Hall–Kier alpha value is -0.810. The summed E-state index contributed by atoms with van der Waals surface area (Å²) < 4.78 is 11.5. The molecule has 0 aromatic heterocycles. The maximum absolute atomic E-state index is 12.6. The molecule has 0 bridgehead atoms. The van der Waals surface area contributed by atoms with E-state index in [4.69, 9.17) is 32.7 Å². The van der Waals surface area contributed by atoms with Crippen LogP contribution in [0.4, 0.5) is 0 Å². The Balaban J connectivity index is 1.79. The minimum Gasteiger partial charge on any atom is -0.375 e. The van der Waals surface area contributed by atoms with Crippen LogP contribution in [-0.2, 0) is 9.47 Å². The summed E-state index contributed by atoms with van der Waals surface area (Å²) in [7, 11) is 0. The lowest BCUT2D eigenvalue weighted by molar-refractivity contribution is -0.126. The molecule has 0 radical (unpaired) electrons. The fraction of sp³-hybridized carbons (Fsp3) is 0.533. The lowest BCUT2D eigenvalue weighted by Crippen LogP contribution is -2.56. The van der Waals surface area contributed by atoms with Gasteiger partial charge in [-0.3, -0.25) is 4.79 Å². The van der Waals surface area contributed by atoms with Crippen LogP contribution in [-0.4, -0.2) is 48.8 Å². The molecular weight excluding hydrogens is 313 g/mol. The van der Waals surface area contributed by atoms with Crippen molar-refractivity contribution >= 4 is 29.1 Å². The van der Waals surface area contributed by atoms with Crippen molar-refractivity contribution in [3.63, 3.8) is 0 Å². The number of carbonyl (C=O) groups is 1. The van der Waals surface area contributed by atoms with Crippen molar-refractivity contribution in [2.24, 2.45) is 0 Å². The normalized spacial score (nSPS) is 29.1. The molecule has 2 saturated heterocycles. The SMILES string of the molecule is C[C@H]1OCC[C@]12CN(C(=O)c1ccc(Cl)c(Cl)c1)CCO2. The van der Waals surface area contributed by atoms with E-state index in [0.717, 1.165) is 6.42 Å². The van der Waals surface area contributed by atoms with Gasteiger partial charge < -0.3 is 14.4 Å². The first kappa shape index (κ1) is 15.1. The van der Waals surface area contributed by atoms with Crippen molar-refractivity contribution < 1.29 is 14.3 Å². The molecule has 21 heavy (non-hydrogen) atoms. The summed E-state index contributed by atoms with van der Waals surface area (Å²) in [4.78, 5) is 14.5. The third kappa shape index (κ3) is 2.78. The Morgan fingerprint density at radius 3 is 2.81 bits per heavy atom. The summed E-state index contributed by atoms with van der Waals surface area (Å²) in [6.07, 6.45) is 0.821. The third-order valence-electron chi connectivity index (χ3n) is 4.30. The standard InChI is InChI=1S/C15H17Cl2NO3/c1-10-15(4-6-20-10)9-18(5-7-21-15)14(19)11-2-3-12(16)13(17)8-11/h2-3,8,10H,4-7,9H2,1H3/t10-,15+/m1/s1. The number of morpholine rings is 1. The molecule has 0 saturated carbocycles. The van der Waals surface area contributed by atoms with Crippen LogP contribution in [0.2, 0.25) is 10.0 Å². The van der Waals surface area contributed by atoms with Crippen molar-refractivity contribution in [2.45, 2.75) is 25.0 Å². The van der Waals surface area contributed by atoms with Crippen molar-refractivity contribution in [3.8, 4) is 0 Å². The lowest BCUT2D eigenvalue weighted by Gasteiger charge is -2.42. The molecule has 4 nitrogen and oxygen atoms in total. The lowest BCUT2D eigenvalue weighted by atomic mass is 9.94. The van der Waals surface area contributed by atoms with E-state index in [-0.39, 0.29) is 17.6 Å². The molecule has 6 heteroatoms. The highest BCUT2D eigenvalue weighted by molar-refractivity contribution is 6.42. The van der Waals surface area contributed by atoms with Gasteiger partial charge in [-0.2, -0.15) is 0 Å². The minimum atomic E-state index is -0.371. The highest BCUT2D eigenvalue weighted by Gasteiger charge is 2.47. The van der Waals surface area contributed by atoms with Gasteiger partial charge >= 0.3 is 0 Å². The zero-order valence-electron chi connectivity index (χ0n) is 11.8. The van der Waals surface area contributed by atoms with Gasteiger partial charge in [0, 0.05) is 25.1 Å². The van der Waals surface area contributed by atoms with Crippen LogP contribution in [0, 0.1) is 0 Å². The fourth-order valence-electron chi connectivity index (χ4n) is 2.95. The Labute approximate surface area is 133 Å². The first-order valence-corrected chi connectivity index (χ1v) is 7.77. The van der Waals surface area contributed by atoms with Crippen LogP contribution in [0.1, 0.15) is 23.7 Å². The molecule has 2 aliphatic rings. The quantitative estimate of drug-likeness (QED) is 0.795. The first-order chi connectivity index (χ1) is 10.0. The number of nitrogens with zero attached hydrogens (tertiary/aromatic N) is 1. The summed E-state index contributed by atoms with van der Waals surface area (Å²) in [5.74, 6) is -0.0460. The number of halogens is 2. The molecule has 0 N–H and O–H groups in total. The van der Waals surface area contributed by atoms with E-state index >= 15 is 0 Å². The van der Waals surface area contributed by atoms with Gasteiger partial charge in [-0.1, -0.05) is 23.2 Å². The molecule has 0 aliphatic carbocycles. The molecule has 2 heterocycles. The van der Waals surface area contributed by atoms with E-state index in [1.165, 1.54) is 0 Å². The minimum absolute atomic E-state index is 0.00176. The number of rotatable bonds is 1. The predicted molar refractivity (Wildman–Crippen MR) is 81.1 cm³/mol. The molecular formula is C15H17Cl2NO3. The molecule has 114 valence electrons. The topological polar surface area (TPSA) is 38.8 Å². The second kappa shape index (κ2) is 5.76. The third-order valence-corrected chi connectivity index (χ3v) is 5.04. The van der Waals surface area contributed by atoms with Crippen molar-refractivity contribution in [2.75, 3.05) is 26.3 Å². The number of ether oxygens (including phenoxy) is 2. The van der Waals surface area contributed by atoms with Gasteiger partial charge in [-0.05, 0) is 25.1 Å². The van der Waals surface area contributed by atoms with E-state index in [9.17, 15) is 4.79 Å². The largest absolute Gasteiger partial charge is 0.375 e. The number of hydrogen-bond donors (Lipinski definition) is 0. The summed E-state index contributed by atoms with van der Waals surface area (Å²) in [5.41, 5.74) is 0.178. The van der Waals surface area contributed by atoms with Gasteiger partial charge in [0.05, 0.1) is 29.3 Å². The van der Waals surface area contributed by atoms with Crippen LogP contribution in [0.15, 0.2) is 18.2 Å². The zero-order valence-corrected chi connectivity index (χ0v) is 13.3. The molecule has 2 atom stereocenters. The van der Waals surface area contributed by atoms with E-state index in [1.807, 2.05) is 11.8 Å². The number of amides is 1. The number of hydrogen-bond acceptors (Lipinski definition) is 3. The van der Waals surface area contributed by atoms with E-state index < -0.39 is 0 Å². The predicted octanol–water partition coefficient (Wildman–Crippen LogP) is 3.01. The average Bonchev–Trinajstić information content (AvgIpc) is 2.82. The summed E-state index contributed by atoms with van der Waals surface area (Å²) in [5, 5.41) is 0.840. The van der Waals surface area contributed by atoms with E-state index in [0.29, 0.717) is 41.9 Å². The monoisotopic (exact) mass is 329 g/mol. The van der Waals surface area contributed by atoms with Gasteiger partial charge in [-0.25, -0.2) is 0 Å². The van der Waals surface area contributed by atoms with Gasteiger partial charge in [0.15, 0.2) is 0 Å². The van der Waals surface area contributed by atoms with Crippen LogP contribution < -0.4 is 0 Å². The first-order valence-electron chi connectivity index (χ1n) is 7.02. The van der Waals surface area contributed by atoms with Gasteiger partial charge in [0.25, 0.3) is 5.91 Å². The van der Waals surface area contributed by atoms with Gasteiger partial charge in [0.1, 0.15) is 5.60 Å². The highest BCUT2D eigenvalue weighted by Crippen LogP contribution is 2.33. The number of carbonyl (C=O) groups excluding carboxylic acids is 1. The molecule has 1 amide bonds. The molecule has 3 rings (SSSR count). The average molecular weight is 330 g/mol. The molecule has 0 unspecified atom stereocenters. The van der Waals surface area contributed by atoms with Crippen LogP contribution in [0.25, 0.3) is 0 Å². The van der Waals surface area contributed by atoms with Crippen LogP contribution in [0.3, 0.4) is 0 Å². The van der Waals surface area contributed by atoms with E-state index in [2.05, 4.69) is 0 Å². The van der Waals surface area contributed by atoms with Gasteiger partial charge in [0.2, 0.25) is 0 Å². The Bertz CT molecular complexity index is 566. The Morgan fingerprint density at radius 2 is 2.14 bits per heavy atom. The van der Waals surface area contributed by atoms with Crippen molar-refractivity contribution in [1.82, 2.24) is 4.90 Å². The Morgan fingerprint density at radius 1 is 1.33 bits per heavy atom. The molecule has 1 aromatic carbocycles. The molecule has 2 aliphatic heterocycles. The fourth-order valence-corrected chi connectivity index (χ4v) is 3.25. The second-order valence-corrected chi connectivity index (χ2v) is 6.35. The zero-order chi connectivity index (χ0) is 15.0. The summed E-state index contributed by atoms with van der Waals surface area (Å²) >= 11 is 11.9. The maximum atomic E-state index is 12.6. The smallest absolute Gasteiger partial charge is 0.254 e. The molecule has 1 aromatic rings. The molecule has 2 fully saturated rings. The van der Waals surface area contributed by atoms with Crippen LogP contribution in [0.5, 0.6) is 0 Å². The van der Waals surface area contributed by atoms with Crippen molar-refractivity contribution in [1.29, 1.82) is 0 Å². The molecule has 1 spiro atoms. The summed E-state index contributed by atoms with van der Waals surface area (Å²) in [6, 6.07) is 4.96. The number of benzene rings is 1. The highest BCUT2D eigenvalue weighted by atomic mass is 35.5. The Kier molecular flexibility index (Phi) is 4.14. The second-order valence-electron chi connectivity index (χ2n) is 5.53. The maximum Gasteiger partial charge on any atom is 0.254 e. The van der Waals surface area contributed by atoms with Crippen LogP contribution >= 0.6 is 23.2 Å². The van der Waals surface area contributed by atoms with Crippen molar-refractivity contribution in [3.05, 3.63) is 33.8 Å². The van der Waals surface area contributed by atoms with E-state index in [1.54, 1.807) is 18.2 Å². The summed E-state index contributed by atoms with van der Waals surface area (Å²) in [6.45, 7) is 4.33. The van der Waals surface area contributed by atoms with Gasteiger partial charge in [-0.15, -0.1) is 0 Å².